The molecule has 10 heteroatoms. The number of nitro groups is 1. The number of hydrogen-bond donors (Lipinski definition) is 0. The Morgan fingerprint density at radius 1 is 1.33 bits per heavy atom. The minimum absolute atomic E-state index is 0.150. The molecule has 1 amide bonds. The van der Waals surface area contributed by atoms with Crippen molar-refractivity contribution in [1.29, 1.82) is 0 Å². The van der Waals surface area contributed by atoms with Crippen LogP contribution >= 0.6 is 22.9 Å². The quantitative estimate of drug-likeness (QED) is 0.568. The number of halogens is 4. The first-order chi connectivity index (χ1) is 11.2. The number of thiophene rings is 1. The van der Waals surface area contributed by atoms with Crippen molar-refractivity contribution in [1.82, 2.24) is 4.90 Å². The summed E-state index contributed by atoms with van der Waals surface area (Å²) in [4.78, 5) is 23.1. The van der Waals surface area contributed by atoms with Gasteiger partial charge in [-0.3, -0.25) is 14.9 Å². The Kier molecular flexibility index (Phi) is 5.45. The molecule has 0 radical (unpaired) electrons. The molecular weight excluding hydrogens is 369 g/mol. The van der Waals surface area contributed by atoms with Gasteiger partial charge in [0.2, 0.25) is 0 Å². The highest BCUT2D eigenvalue weighted by Gasteiger charge is 2.34. The van der Waals surface area contributed by atoms with Gasteiger partial charge in [0.05, 0.1) is 15.5 Å². The van der Waals surface area contributed by atoms with Gasteiger partial charge in [0, 0.05) is 18.7 Å². The number of benzene rings is 1. The Morgan fingerprint density at radius 3 is 2.58 bits per heavy atom. The van der Waals surface area contributed by atoms with Crippen LogP contribution in [0.25, 0.3) is 0 Å². The van der Waals surface area contributed by atoms with Gasteiger partial charge in [-0.2, -0.15) is 24.5 Å². The minimum Gasteiger partial charge on any atom is -0.325 e. The fraction of sp³-hybridized carbons (Fsp3) is 0.214. The second kappa shape index (κ2) is 7.18. The highest BCUT2D eigenvalue weighted by atomic mass is 35.5. The normalized spacial score (nSPS) is 11.3. The number of carbonyl (C=O) groups is 1. The number of hydrogen-bond acceptors (Lipinski definition) is 4. The van der Waals surface area contributed by atoms with E-state index in [1.54, 1.807) is 16.8 Å². The zero-order chi connectivity index (χ0) is 17.9. The predicted molar refractivity (Wildman–Crippen MR) is 83.2 cm³/mol. The van der Waals surface area contributed by atoms with Crippen molar-refractivity contribution in [2.45, 2.75) is 12.7 Å². The van der Waals surface area contributed by atoms with E-state index in [-0.39, 0.29) is 17.1 Å². The molecule has 0 N–H and O–H groups in total. The number of non-ortho nitro benzene ring substituents is 1. The van der Waals surface area contributed by atoms with E-state index in [9.17, 15) is 28.1 Å². The average molecular weight is 379 g/mol. The van der Waals surface area contributed by atoms with E-state index in [4.69, 9.17) is 11.6 Å². The lowest BCUT2D eigenvalue weighted by Crippen LogP contribution is -2.38. The van der Waals surface area contributed by atoms with Gasteiger partial charge in [-0.05, 0) is 28.5 Å². The smallest absolute Gasteiger partial charge is 0.325 e. The van der Waals surface area contributed by atoms with Gasteiger partial charge in [0.25, 0.3) is 11.6 Å². The van der Waals surface area contributed by atoms with Crippen molar-refractivity contribution >= 4 is 34.5 Å². The van der Waals surface area contributed by atoms with Crippen LogP contribution in [-0.4, -0.2) is 28.5 Å². The van der Waals surface area contributed by atoms with Crippen LogP contribution in [0.5, 0.6) is 0 Å². The molecule has 0 saturated carbocycles. The average Bonchev–Trinajstić information content (AvgIpc) is 2.97. The molecule has 0 bridgehead atoms. The zero-order valence-corrected chi connectivity index (χ0v) is 13.5. The molecule has 0 saturated heterocycles. The number of nitrogens with zero attached hydrogens (tertiary/aromatic N) is 2. The lowest BCUT2D eigenvalue weighted by atomic mass is 10.1. The summed E-state index contributed by atoms with van der Waals surface area (Å²) in [5.74, 6) is -1.02. The maximum Gasteiger partial charge on any atom is 0.406 e. The van der Waals surface area contributed by atoms with E-state index < -0.39 is 29.2 Å². The Balaban J connectivity index is 2.36. The summed E-state index contributed by atoms with van der Waals surface area (Å²) in [6.07, 6.45) is -4.61. The number of amides is 1. The highest BCUT2D eigenvalue weighted by Crippen LogP contribution is 2.26. The number of carbonyl (C=O) groups excluding carboxylic acids is 1. The Morgan fingerprint density at radius 2 is 2.04 bits per heavy atom. The van der Waals surface area contributed by atoms with Crippen molar-refractivity contribution in [2.75, 3.05) is 6.54 Å². The van der Waals surface area contributed by atoms with Crippen molar-refractivity contribution in [2.24, 2.45) is 0 Å². The summed E-state index contributed by atoms with van der Waals surface area (Å²) in [7, 11) is 0. The summed E-state index contributed by atoms with van der Waals surface area (Å²) in [6, 6.07) is 4.66. The summed E-state index contributed by atoms with van der Waals surface area (Å²) < 4.78 is 38.4. The first-order valence-corrected chi connectivity index (χ1v) is 7.80. The van der Waals surface area contributed by atoms with E-state index in [2.05, 4.69) is 0 Å². The highest BCUT2D eigenvalue weighted by molar-refractivity contribution is 7.07. The van der Waals surface area contributed by atoms with Crippen LogP contribution < -0.4 is 0 Å². The van der Waals surface area contributed by atoms with E-state index in [1.165, 1.54) is 11.3 Å². The summed E-state index contributed by atoms with van der Waals surface area (Å²) in [5, 5.41) is 13.9. The molecule has 0 spiro atoms. The lowest BCUT2D eigenvalue weighted by Gasteiger charge is -2.24. The van der Waals surface area contributed by atoms with Crippen LogP contribution in [0.15, 0.2) is 35.0 Å². The van der Waals surface area contributed by atoms with E-state index >= 15 is 0 Å². The molecule has 0 unspecified atom stereocenters. The lowest BCUT2D eigenvalue weighted by molar-refractivity contribution is -0.384. The van der Waals surface area contributed by atoms with Crippen LogP contribution in [0, 0.1) is 10.1 Å². The van der Waals surface area contributed by atoms with Crippen LogP contribution in [0.4, 0.5) is 18.9 Å². The van der Waals surface area contributed by atoms with Gasteiger partial charge in [0.1, 0.15) is 6.54 Å². The van der Waals surface area contributed by atoms with E-state index in [0.717, 1.165) is 18.2 Å². The third-order valence-electron chi connectivity index (χ3n) is 3.00. The molecule has 1 aromatic heterocycles. The fourth-order valence-corrected chi connectivity index (χ4v) is 2.84. The molecule has 0 aliphatic carbocycles. The maximum absolute atomic E-state index is 12.8. The summed E-state index contributed by atoms with van der Waals surface area (Å²) >= 11 is 7.13. The van der Waals surface area contributed by atoms with Crippen molar-refractivity contribution in [3.05, 3.63) is 61.3 Å². The maximum atomic E-state index is 12.8. The number of nitro benzene ring substituents is 1. The molecule has 0 aliphatic rings. The summed E-state index contributed by atoms with van der Waals surface area (Å²) in [6.45, 7) is -1.76. The summed E-state index contributed by atoms with van der Waals surface area (Å²) in [5.41, 5.74) is -0.241. The molecule has 2 aromatic rings. The third-order valence-corrected chi connectivity index (χ3v) is 4.06. The number of rotatable bonds is 5. The second-order valence-corrected chi connectivity index (χ2v) is 6.02. The van der Waals surface area contributed by atoms with Gasteiger partial charge >= 0.3 is 6.18 Å². The van der Waals surface area contributed by atoms with Crippen LogP contribution in [0.1, 0.15) is 15.9 Å². The van der Waals surface area contributed by atoms with Crippen molar-refractivity contribution in [3.8, 4) is 0 Å². The van der Waals surface area contributed by atoms with Crippen molar-refractivity contribution in [3.63, 3.8) is 0 Å². The fourth-order valence-electron chi connectivity index (χ4n) is 1.98. The standard InChI is InChI=1S/C14H10ClF3N2O3S/c15-12-2-1-10(20(22)23)5-11(12)13(21)19(8-14(16,17)18)6-9-3-4-24-7-9/h1-5,7H,6,8H2. The first kappa shape index (κ1) is 18.2. The van der Waals surface area contributed by atoms with Crippen molar-refractivity contribution < 1.29 is 22.9 Å². The minimum atomic E-state index is -4.61. The zero-order valence-electron chi connectivity index (χ0n) is 11.9. The van der Waals surface area contributed by atoms with E-state index in [0.29, 0.717) is 10.5 Å². The molecule has 0 aliphatic heterocycles. The molecule has 2 rings (SSSR count). The molecule has 1 heterocycles. The van der Waals surface area contributed by atoms with Crippen LogP contribution in [0.2, 0.25) is 5.02 Å². The molecule has 128 valence electrons. The van der Waals surface area contributed by atoms with Gasteiger partial charge in [-0.25, -0.2) is 0 Å². The van der Waals surface area contributed by atoms with Gasteiger partial charge in [0.15, 0.2) is 0 Å². The van der Waals surface area contributed by atoms with E-state index in [1.807, 2.05) is 0 Å². The van der Waals surface area contributed by atoms with Crippen LogP contribution in [0.3, 0.4) is 0 Å². The molecule has 0 fully saturated rings. The molecule has 5 nitrogen and oxygen atoms in total. The Labute approximate surface area is 143 Å². The van der Waals surface area contributed by atoms with Gasteiger partial charge in [-0.15, -0.1) is 0 Å². The second-order valence-electron chi connectivity index (χ2n) is 4.83. The van der Waals surface area contributed by atoms with Gasteiger partial charge < -0.3 is 4.90 Å². The SMILES string of the molecule is O=C(c1cc([N+](=O)[O-])ccc1Cl)N(Cc1ccsc1)CC(F)(F)F. The third kappa shape index (κ3) is 4.68. The van der Waals surface area contributed by atoms with Gasteiger partial charge in [-0.1, -0.05) is 11.6 Å². The topological polar surface area (TPSA) is 63.4 Å². The monoisotopic (exact) mass is 378 g/mol. The molecule has 0 atom stereocenters. The first-order valence-electron chi connectivity index (χ1n) is 6.48. The predicted octanol–water partition coefficient (Wildman–Crippen LogP) is 4.51. The largest absolute Gasteiger partial charge is 0.406 e. The molecule has 1 aromatic carbocycles. The Hall–Kier alpha value is -2.13. The Bertz CT molecular complexity index is 750. The number of alkyl halides is 3. The van der Waals surface area contributed by atoms with Crippen LogP contribution in [-0.2, 0) is 6.54 Å². The molecule has 24 heavy (non-hydrogen) atoms. The molecular formula is C14H10ClF3N2O3S.